The molecule has 0 aromatic heterocycles. The Balaban J connectivity index is 1.39. The topological polar surface area (TPSA) is 415 Å². The maximum atomic E-state index is 13.7. The number of carbonyl (C=O) groups excluding carboxylic acids is 2. The van der Waals surface area contributed by atoms with E-state index in [0.717, 1.165) is 70.6 Å². The van der Waals surface area contributed by atoms with Crippen LogP contribution in [0, 0.1) is 5.92 Å². The standard InChI is InChI=1S/C69H130N2O24/c1-6-8-9-10-11-12-13-14-15-16-17-18-19-20-21-22-25-29-32-35-38-48(76)65(87)71-46(54(78)47(75)37-34-31-28-26-23-24-27-30-33-36-43(3)7-2)41-88-69-64(60(84)55(79)49(39-72)92-69)95-68-62(86)59(83)56(80)51(93-68)42-89-66-52(70-45(5)74)63(57(81)50(40-73)91-66)94-67-61(85)58(82)53(77)44(4)90-67/h43-44,46-64,66-69,72-73,75-86H,6-42H2,1-5H3,(H,70,74)(H,71,87). The number of hydrogen-bond acceptors (Lipinski definition) is 24. The number of hydrogen-bond donors (Lipinski definition) is 16. The van der Waals surface area contributed by atoms with Crippen LogP contribution in [0.4, 0.5) is 0 Å². The second kappa shape index (κ2) is 48.0. The van der Waals surface area contributed by atoms with Gasteiger partial charge in [-0.15, -0.1) is 0 Å². The molecule has 4 aliphatic heterocycles. The first-order valence-corrected chi connectivity index (χ1v) is 36.7. The van der Waals surface area contributed by atoms with Gasteiger partial charge in [-0.3, -0.25) is 9.59 Å². The molecule has 0 saturated carbocycles. The predicted molar refractivity (Wildman–Crippen MR) is 351 cm³/mol. The maximum Gasteiger partial charge on any atom is 0.249 e. The van der Waals surface area contributed by atoms with Gasteiger partial charge in [-0.25, -0.2) is 0 Å². The van der Waals surface area contributed by atoms with E-state index in [-0.39, 0.29) is 12.8 Å². The van der Waals surface area contributed by atoms with Gasteiger partial charge < -0.3 is 120 Å². The third-order valence-corrected chi connectivity index (χ3v) is 19.6. The molecule has 26 nitrogen and oxygen atoms in total. The van der Waals surface area contributed by atoms with Crippen molar-refractivity contribution in [2.45, 2.75) is 394 Å². The summed E-state index contributed by atoms with van der Waals surface area (Å²) < 4.78 is 47.2. The van der Waals surface area contributed by atoms with Crippen molar-refractivity contribution in [1.29, 1.82) is 0 Å². The third-order valence-electron chi connectivity index (χ3n) is 19.6. The van der Waals surface area contributed by atoms with Crippen LogP contribution in [0.3, 0.4) is 0 Å². The Morgan fingerprint density at radius 3 is 1.37 bits per heavy atom. The average molecular weight is 1370 g/mol. The molecule has 4 saturated heterocycles. The van der Waals surface area contributed by atoms with Crippen LogP contribution in [-0.4, -0.2) is 257 Å². The second-order valence-electron chi connectivity index (χ2n) is 27.7. The Kier molecular flexibility index (Phi) is 43.2. The van der Waals surface area contributed by atoms with E-state index in [1.165, 1.54) is 135 Å². The summed E-state index contributed by atoms with van der Waals surface area (Å²) in [6.07, 6.45) is -1.85. The van der Waals surface area contributed by atoms with Crippen molar-refractivity contribution < 1.29 is 119 Å². The Labute approximate surface area is 565 Å². The lowest BCUT2D eigenvalue weighted by atomic mass is 9.95. The quantitative estimate of drug-likeness (QED) is 0.0387. The second-order valence-corrected chi connectivity index (χ2v) is 27.7. The Hall–Kier alpha value is -1.94. The normalized spacial score (nSPS) is 33.0. The van der Waals surface area contributed by atoms with Gasteiger partial charge in [0.25, 0.3) is 0 Å². The van der Waals surface area contributed by atoms with E-state index in [2.05, 4.69) is 31.4 Å². The van der Waals surface area contributed by atoms with Gasteiger partial charge in [0.2, 0.25) is 11.8 Å². The SMILES string of the molecule is CCCCCCCCCCCCCCCCCCCCCCC(O)C(=O)NC(COC1OC(CO)C(O)C(O)C1OC1OC(COC2OC(CO)C(O)C(OC3OC(C)C(O)C(O)C3O)C2NC(C)=O)C(O)C(O)C1O)C(O)C(O)CCCCCCCCCCCC(C)CC. The largest absolute Gasteiger partial charge is 0.394 e. The zero-order chi connectivity index (χ0) is 69.8. The van der Waals surface area contributed by atoms with E-state index < -0.39 is 185 Å². The summed E-state index contributed by atoms with van der Waals surface area (Å²) in [5.74, 6) is -0.806. The molecule has 0 aliphatic carbocycles. The molecule has 16 N–H and O–H groups in total. The minimum Gasteiger partial charge on any atom is -0.394 e. The van der Waals surface area contributed by atoms with E-state index >= 15 is 0 Å². The summed E-state index contributed by atoms with van der Waals surface area (Å²) >= 11 is 0. The van der Waals surface area contributed by atoms with E-state index in [0.29, 0.717) is 12.8 Å². The van der Waals surface area contributed by atoms with Gasteiger partial charge >= 0.3 is 0 Å². The van der Waals surface area contributed by atoms with Gasteiger partial charge in [0.15, 0.2) is 25.2 Å². The minimum atomic E-state index is -2.10. The molecule has 4 aliphatic rings. The molecule has 95 heavy (non-hydrogen) atoms. The molecule has 0 radical (unpaired) electrons. The lowest BCUT2D eigenvalue weighted by molar-refractivity contribution is -0.373. The number of ether oxygens (including phenoxy) is 8. The molecule has 25 unspecified atom stereocenters. The molecule has 26 heteroatoms. The van der Waals surface area contributed by atoms with E-state index in [1.54, 1.807) is 0 Å². The summed E-state index contributed by atoms with van der Waals surface area (Å²) in [6.45, 7) is 6.09. The van der Waals surface area contributed by atoms with Crippen LogP contribution in [0.15, 0.2) is 0 Å². The fourth-order valence-corrected chi connectivity index (χ4v) is 13.0. The summed E-state index contributed by atoms with van der Waals surface area (Å²) in [4.78, 5) is 26.3. The lowest BCUT2D eigenvalue weighted by Gasteiger charge is -2.48. The fourth-order valence-electron chi connectivity index (χ4n) is 13.0. The number of nitrogens with one attached hydrogen (secondary N) is 2. The summed E-state index contributed by atoms with van der Waals surface area (Å²) in [7, 11) is 0. The first kappa shape index (κ1) is 85.5. The lowest BCUT2D eigenvalue weighted by Crippen LogP contribution is -2.68. The monoisotopic (exact) mass is 1370 g/mol. The summed E-state index contributed by atoms with van der Waals surface area (Å²) in [6, 6.07) is -2.93. The van der Waals surface area contributed by atoms with Crippen molar-refractivity contribution in [3.63, 3.8) is 0 Å². The third kappa shape index (κ3) is 29.9. The van der Waals surface area contributed by atoms with Crippen LogP contribution in [0.1, 0.15) is 247 Å². The fraction of sp³-hybridized carbons (Fsp3) is 0.971. The van der Waals surface area contributed by atoms with Crippen molar-refractivity contribution in [2.75, 3.05) is 26.4 Å². The predicted octanol–water partition coefficient (Wildman–Crippen LogP) is 3.56. The van der Waals surface area contributed by atoms with E-state index in [1.807, 2.05) is 0 Å². The van der Waals surface area contributed by atoms with Gasteiger partial charge in [-0.05, 0) is 25.7 Å². The molecule has 2 amide bonds. The van der Waals surface area contributed by atoms with Crippen LogP contribution < -0.4 is 10.6 Å². The zero-order valence-corrected chi connectivity index (χ0v) is 57.9. The number of amides is 2. The number of unbranched alkanes of at least 4 members (excludes halogenated alkanes) is 27. The van der Waals surface area contributed by atoms with Crippen molar-refractivity contribution in [3.8, 4) is 0 Å². The van der Waals surface area contributed by atoms with Crippen LogP contribution in [0.25, 0.3) is 0 Å². The molecule has 0 aromatic carbocycles. The van der Waals surface area contributed by atoms with Crippen molar-refractivity contribution in [1.82, 2.24) is 10.6 Å². The van der Waals surface area contributed by atoms with Crippen LogP contribution in [0.2, 0.25) is 0 Å². The highest BCUT2D eigenvalue weighted by atomic mass is 16.8. The molecule has 560 valence electrons. The van der Waals surface area contributed by atoms with Crippen LogP contribution in [-0.2, 0) is 47.5 Å². The highest BCUT2D eigenvalue weighted by Gasteiger charge is 2.54. The Morgan fingerprint density at radius 2 is 0.874 bits per heavy atom. The minimum absolute atomic E-state index is 0.124. The number of aliphatic hydroxyl groups excluding tert-OH is 14. The average Bonchev–Trinajstić information content (AvgIpc) is 0.790. The molecular formula is C69H130N2O24. The first-order valence-electron chi connectivity index (χ1n) is 36.7. The van der Waals surface area contributed by atoms with Crippen LogP contribution in [0.5, 0.6) is 0 Å². The van der Waals surface area contributed by atoms with Crippen molar-refractivity contribution in [2.24, 2.45) is 5.92 Å². The van der Waals surface area contributed by atoms with E-state index in [4.69, 9.17) is 37.9 Å². The highest BCUT2D eigenvalue weighted by molar-refractivity contribution is 5.80. The molecule has 0 spiro atoms. The summed E-state index contributed by atoms with van der Waals surface area (Å²) in [5.41, 5.74) is 0. The maximum absolute atomic E-state index is 13.7. The first-order chi connectivity index (χ1) is 45.6. The van der Waals surface area contributed by atoms with Crippen LogP contribution >= 0.6 is 0 Å². The smallest absolute Gasteiger partial charge is 0.249 e. The molecule has 4 fully saturated rings. The molecule has 4 heterocycles. The van der Waals surface area contributed by atoms with Gasteiger partial charge in [-0.2, -0.15) is 0 Å². The van der Waals surface area contributed by atoms with Gasteiger partial charge in [-0.1, -0.05) is 220 Å². The number of carbonyl (C=O) groups is 2. The Morgan fingerprint density at radius 1 is 0.453 bits per heavy atom. The number of aliphatic hydroxyl groups is 14. The molecule has 0 bridgehead atoms. The molecule has 4 rings (SSSR count). The van der Waals surface area contributed by atoms with Gasteiger partial charge in [0.1, 0.15) is 104 Å². The van der Waals surface area contributed by atoms with Gasteiger partial charge in [0, 0.05) is 6.92 Å². The molecular weight excluding hydrogens is 1240 g/mol. The van der Waals surface area contributed by atoms with E-state index in [9.17, 15) is 81.1 Å². The highest BCUT2D eigenvalue weighted by Crippen LogP contribution is 2.34. The van der Waals surface area contributed by atoms with Gasteiger partial charge in [0.05, 0.1) is 44.7 Å². The number of rotatable bonds is 51. The zero-order valence-electron chi connectivity index (χ0n) is 57.9. The summed E-state index contributed by atoms with van der Waals surface area (Å²) in [5, 5.41) is 159. The Bertz CT molecular complexity index is 1980. The van der Waals surface area contributed by atoms with Crippen molar-refractivity contribution >= 4 is 11.8 Å². The molecule has 0 aromatic rings. The van der Waals surface area contributed by atoms with Crippen molar-refractivity contribution in [3.05, 3.63) is 0 Å². The molecule has 25 atom stereocenters.